The van der Waals surface area contributed by atoms with Crippen LogP contribution in [-0.2, 0) is 35.8 Å². The molecule has 0 unspecified atom stereocenters. The van der Waals surface area contributed by atoms with E-state index in [9.17, 15) is 5.53 Å². The third-order valence-electron chi connectivity index (χ3n) is 13.3. The average molecular weight is 910 g/mol. The van der Waals surface area contributed by atoms with Crippen LogP contribution in [0, 0.1) is 34.6 Å². The molecule has 362 valence electrons. The van der Waals surface area contributed by atoms with Gasteiger partial charge in [0.25, 0.3) is 0 Å². The Balaban J connectivity index is 0.00000151. The van der Waals surface area contributed by atoms with Gasteiger partial charge in [0.1, 0.15) is 0 Å². The van der Waals surface area contributed by atoms with Gasteiger partial charge in [-0.15, -0.1) is 0 Å². The van der Waals surface area contributed by atoms with Crippen LogP contribution in [0.2, 0.25) is 0 Å². The Hall–Kier alpha value is -1.99. The summed E-state index contributed by atoms with van der Waals surface area (Å²) in [5, 5.41) is 0. The second-order valence-electron chi connectivity index (χ2n) is 18.9. The van der Waals surface area contributed by atoms with Crippen LogP contribution >= 0.6 is 0 Å². The molecule has 0 radical (unpaired) electrons. The molecule has 3 heteroatoms. The Morgan fingerprint density at radius 3 is 1.14 bits per heavy atom. The zero-order chi connectivity index (χ0) is 46.0. The normalized spacial score (nSPS) is 12.3. The quantitative estimate of drug-likeness (QED) is 0.0303. The molecule has 1 heterocycles. The van der Waals surface area contributed by atoms with Crippen LogP contribution in [0.15, 0.2) is 35.4 Å². The average Bonchev–Trinajstić information content (AvgIpc) is 3.51. The summed E-state index contributed by atoms with van der Waals surface area (Å²) in [5.74, 6) is 0. The molecule has 63 heavy (non-hydrogen) atoms. The smallest absolute Gasteiger partial charge is 0.493 e. The molecular weight excluding hydrogens is 807 g/mol. The first-order valence-corrected chi connectivity index (χ1v) is 26.9. The molecule has 1 aliphatic heterocycles. The molecule has 0 amide bonds. The number of hydrogen-bond acceptors (Lipinski definition) is 0. The summed E-state index contributed by atoms with van der Waals surface area (Å²) in [6.07, 6.45) is 41.2. The van der Waals surface area contributed by atoms with Gasteiger partial charge in [0.15, 0.2) is 0 Å². The zero-order valence-corrected chi connectivity index (χ0v) is 44.5. The second kappa shape index (κ2) is 39.2. The van der Waals surface area contributed by atoms with Gasteiger partial charge in [-0.3, -0.25) is 0 Å². The Morgan fingerprint density at radius 1 is 0.413 bits per heavy atom. The maximum absolute atomic E-state index is 12.1. The van der Waals surface area contributed by atoms with Gasteiger partial charge in [-0.2, -0.15) is 12.8 Å². The molecule has 0 bridgehead atoms. The van der Waals surface area contributed by atoms with E-state index in [4.69, 9.17) is 0 Å². The van der Waals surface area contributed by atoms with E-state index in [0.717, 1.165) is 55.5 Å². The summed E-state index contributed by atoms with van der Waals surface area (Å²) in [5.41, 5.74) is 27.6. The topological polar surface area (TPSA) is 25.3 Å². The van der Waals surface area contributed by atoms with Crippen LogP contribution in [0.1, 0.15) is 279 Å². The summed E-state index contributed by atoms with van der Waals surface area (Å²) >= 11 is 0. The van der Waals surface area contributed by atoms with Crippen LogP contribution in [-0.4, -0.2) is 4.70 Å². The van der Waals surface area contributed by atoms with E-state index in [2.05, 4.69) is 107 Å². The molecule has 0 saturated heterocycles. The fourth-order valence-electron chi connectivity index (χ4n) is 9.04. The van der Waals surface area contributed by atoms with E-state index in [1.165, 1.54) is 211 Å². The SMILES string of the molecule is CCCCCC1=C(c2cc(C)c(C)c(C)c2)[N+](=[N-])C(c2cc(CCCCC)c(CCCCC)c(CCCCC)c2)=C1C.[CH2-]CCCCCCCCC.[CH2-]CCCCCCCCC.[Ni+2]. The predicted octanol–water partition coefficient (Wildman–Crippen LogP) is 20.5. The Kier molecular flexibility index (Phi) is 38.0. The monoisotopic (exact) mass is 909 g/mol. The van der Waals surface area contributed by atoms with Crippen LogP contribution in [0.25, 0.3) is 16.9 Å². The van der Waals surface area contributed by atoms with Gasteiger partial charge in [0, 0.05) is 22.3 Å². The molecule has 1 aliphatic rings. The molecule has 2 aromatic carbocycles. The molecule has 0 atom stereocenters. The van der Waals surface area contributed by atoms with Crippen molar-refractivity contribution in [2.75, 3.05) is 0 Å². The van der Waals surface area contributed by atoms with E-state index < -0.39 is 0 Å². The van der Waals surface area contributed by atoms with Crippen LogP contribution in [0.4, 0.5) is 0 Å². The maximum Gasteiger partial charge on any atom is 2.00 e. The van der Waals surface area contributed by atoms with E-state index in [0.29, 0.717) is 0 Å². The summed E-state index contributed by atoms with van der Waals surface area (Å²) in [4.78, 5) is 0. The summed E-state index contributed by atoms with van der Waals surface area (Å²) < 4.78 is 1.57. The van der Waals surface area contributed by atoms with Gasteiger partial charge in [0.2, 0.25) is 11.4 Å². The zero-order valence-electron chi connectivity index (χ0n) is 43.6. The molecule has 0 aromatic heterocycles. The van der Waals surface area contributed by atoms with Crippen molar-refractivity contribution in [1.82, 2.24) is 0 Å². The van der Waals surface area contributed by atoms with Crippen molar-refractivity contribution in [3.05, 3.63) is 99.3 Å². The summed E-state index contributed by atoms with van der Waals surface area (Å²) in [6.45, 7) is 30.2. The van der Waals surface area contributed by atoms with Crippen LogP contribution < -0.4 is 0 Å². The van der Waals surface area contributed by atoms with Crippen LogP contribution in [0.5, 0.6) is 0 Å². The molecule has 2 nitrogen and oxygen atoms in total. The molecule has 0 aliphatic carbocycles. The van der Waals surface area contributed by atoms with Gasteiger partial charge in [0.05, 0.1) is 0 Å². The maximum atomic E-state index is 12.1. The van der Waals surface area contributed by atoms with Gasteiger partial charge >= 0.3 is 16.5 Å². The number of nitrogens with zero attached hydrogens (tertiary/aromatic N) is 2. The number of rotatable bonds is 32. The second-order valence-corrected chi connectivity index (χ2v) is 18.9. The predicted molar refractivity (Wildman–Crippen MR) is 280 cm³/mol. The van der Waals surface area contributed by atoms with Crippen molar-refractivity contribution in [1.29, 1.82) is 0 Å². The van der Waals surface area contributed by atoms with E-state index in [1.807, 2.05) is 0 Å². The first-order valence-electron chi connectivity index (χ1n) is 26.9. The standard InChI is InChI=1S/C40H60N2.2C10H21.Ni/c1-9-13-17-21-33-27-36(28-34(22-18-14-10-2)38(33)24-20-16-12-4)39-32(8)37(23-19-15-11-3)40(42(39)41)35-25-29(5)31(7)30(6)26-35;2*1-3-5-7-9-10-8-6-4-2;/h25-28H,9-24H2,1-8H3;2*1,3-10H2,2H3;/q;2*-1;+2. The Bertz CT molecular complexity index is 1460. The molecular formula is C60H102N2Ni. The first kappa shape index (κ1) is 61.0. The Morgan fingerprint density at radius 2 is 0.746 bits per heavy atom. The molecule has 0 N–H and O–H groups in total. The first-order chi connectivity index (χ1) is 30.1. The van der Waals surface area contributed by atoms with E-state index in [-0.39, 0.29) is 16.5 Å². The minimum Gasteiger partial charge on any atom is -0.493 e. The fraction of sp³-hybridized carbons (Fsp3) is 0.700. The van der Waals surface area contributed by atoms with Gasteiger partial charge < -0.3 is 19.4 Å². The van der Waals surface area contributed by atoms with Crippen molar-refractivity contribution in [2.24, 2.45) is 0 Å². The number of unbranched alkanes of at least 4 members (excludes halogenated alkanes) is 22. The van der Waals surface area contributed by atoms with E-state index in [1.54, 1.807) is 10.3 Å². The number of hydrogen-bond donors (Lipinski definition) is 0. The van der Waals surface area contributed by atoms with Crippen molar-refractivity contribution < 1.29 is 21.2 Å². The number of aryl methyl sites for hydroxylation is 4. The van der Waals surface area contributed by atoms with Gasteiger partial charge in [-0.1, -0.05) is 183 Å². The number of allylic oxidation sites excluding steroid dienone is 2. The minimum atomic E-state index is 0. The fourth-order valence-corrected chi connectivity index (χ4v) is 9.04. The Labute approximate surface area is 404 Å². The van der Waals surface area contributed by atoms with Crippen LogP contribution in [0.3, 0.4) is 0 Å². The van der Waals surface area contributed by atoms with Gasteiger partial charge in [-0.05, 0) is 137 Å². The van der Waals surface area contributed by atoms with Crippen molar-refractivity contribution in [2.45, 2.75) is 275 Å². The molecule has 0 fully saturated rings. The van der Waals surface area contributed by atoms with Gasteiger partial charge in [-0.25, -0.2) is 4.70 Å². The number of benzene rings is 2. The molecule has 0 spiro atoms. The summed E-state index contributed by atoms with van der Waals surface area (Å²) in [6, 6.07) is 9.47. The third-order valence-corrected chi connectivity index (χ3v) is 13.3. The molecule has 2 aromatic rings. The van der Waals surface area contributed by atoms with Crippen molar-refractivity contribution in [3.8, 4) is 0 Å². The summed E-state index contributed by atoms with van der Waals surface area (Å²) in [7, 11) is 0. The van der Waals surface area contributed by atoms with Crippen molar-refractivity contribution in [3.63, 3.8) is 0 Å². The molecule has 0 saturated carbocycles. The largest absolute Gasteiger partial charge is 2.00 e. The third kappa shape index (κ3) is 23.9. The minimum absolute atomic E-state index is 0. The molecule has 3 rings (SSSR count). The van der Waals surface area contributed by atoms with E-state index >= 15 is 0 Å². The van der Waals surface area contributed by atoms with Crippen molar-refractivity contribution >= 4 is 11.4 Å².